The fourth-order valence-electron chi connectivity index (χ4n) is 4.52. The maximum Gasteiger partial charge on any atom is 0.326 e. The summed E-state index contributed by atoms with van der Waals surface area (Å²) in [5, 5.41) is 5.72. The average molecular weight is 526 g/mol. The lowest BCUT2D eigenvalue weighted by molar-refractivity contribution is 0.240. The normalized spacial score (nSPS) is 13.9. The molecule has 0 unspecified atom stereocenters. The van der Waals surface area contributed by atoms with Crippen molar-refractivity contribution >= 4 is 57.8 Å². The molecule has 8 heteroatoms. The standard InChI is InChI=1S/C27H23Cl3N4O/c28-20-8-6-18(7-9-20)3-2-13-33-14-11-24-22(17-33)21-4-1-5-23(29)26(21)34(24)27(35)32-16-19-10-12-31-25(30)15-19/h1-10,12,15H,11,13-14,16-17H2,(H,32,35)/b3-2+. The Kier molecular flexibility index (Phi) is 7.12. The fraction of sp³-hybridized carbons (Fsp3) is 0.185. The van der Waals surface area contributed by atoms with Crippen molar-refractivity contribution in [1.82, 2.24) is 19.8 Å². The highest BCUT2D eigenvalue weighted by Gasteiger charge is 2.27. The van der Waals surface area contributed by atoms with E-state index in [-0.39, 0.29) is 6.03 Å². The van der Waals surface area contributed by atoms with Gasteiger partial charge < -0.3 is 5.32 Å². The number of halogens is 3. The van der Waals surface area contributed by atoms with E-state index in [1.54, 1.807) is 16.8 Å². The Morgan fingerprint density at radius 3 is 2.71 bits per heavy atom. The third-order valence-corrected chi connectivity index (χ3v) is 6.95. The van der Waals surface area contributed by atoms with Crippen LogP contribution < -0.4 is 5.32 Å². The zero-order valence-electron chi connectivity index (χ0n) is 18.8. The Hall–Kier alpha value is -2.83. The summed E-state index contributed by atoms with van der Waals surface area (Å²) in [7, 11) is 0. The quantitative estimate of drug-likeness (QED) is 0.291. The number of hydrogen-bond acceptors (Lipinski definition) is 3. The Morgan fingerprint density at radius 1 is 1.09 bits per heavy atom. The van der Waals surface area contributed by atoms with Gasteiger partial charge in [-0.2, -0.15) is 0 Å². The predicted molar refractivity (Wildman–Crippen MR) is 143 cm³/mol. The van der Waals surface area contributed by atoms with Gasteiger partial charge in [0, 0.05) is 54.9 Å². The highest BCUT2D eigenvalue weighted by molar-refractivity contribution is 6.35. The zero-order valence-corrected chi connectivity index (χ0v) is 21.1. The number of fused-ring (bicyclic) bond motifs is 3. The first-order chi connectivity index (χ1) is 17.0. The molecule has 0 saturated heterocycles. The van der Waals surface area contributed by atoms with E-state index in [4.69, 9.17) is 34.8 Å². The third kappa shape index (κ3) is 5.24. The number of carbonyl (C=O) groups is 1. The van der Waals surface area contributed by atoms with Crippen LogP contribution in [0, 0.1) is 0 Å². The van der Waals surface area contributed by atoms with E-state index in [9.17, 15) is 4.79 Å². The van der Waals surface area contributed by atoms with Crippen LogP contribution in [-0.2, 0) is 19.5 Å². The zero-order chi connectivity index (χ0) is 24.4. The summed E-state index contributed by atoms with van der Waals surface area (Å²) >= 11 is 18.6. The Balaban J connectivity index is 1.37. The minimum Gasteiger partial charge on any atom is -0.333 e. The van der Waals surface area contributed by atoms with E-state index in [2.05, 4.69) is 27.4 Å². The number of carbonyl (C=O) groups excluding carboxylic acids is 1. The van der Waals surface area contributed by atoms with Crippen LogP contribution in [0.1, 0.15) is 22.4 Å². The molecule has 1 N–H and O–H groups in total. The molecule has 1 amide bonds. The lowest BCUT2D eigenvalue weighted by Gasteiger charge is -2.27. The minimum absolute atomic E-state index is 0.201. The number of benzene rings is 2. The van der Waals surface area contributed by atoms with Crippen molar-refractivity contribution in [3.63, 3.8) is 0 Å². The molecule has 3 heterocycles. The van der Waals surface area contributed by atoms with Gasteiger partial charge in [-0.1, -0.05) is 71.2 Å². The van der Waals surface area contributed by atoms with Crippen molar-refractivity contribution in [2.24, 2.45) is 0 Å². The van der Waals surface area contributed by atoms with E-state index in [0.717, 1.165) is 64.4 Å². The summed E-state index contributed by atoms with van der Waals surface area (Å²) in [6, 6.07) is 17.0. The number of aromatic nitrogens is 2. The van der Waals surface area contributed by atoms with E-state index in [1.165, 1.54) is 0 Å². The second-order valence-corrected chi connectivity index (χ2v) is 9.71. The molecule has 5 nitrogen and oxygen atoms in total. The maximum absolute atomic E-state index is 13.3. The topological polar surface area (TPSA) is 50.2 Å². The lowest BCUT2D eigenvalue weighted by atomic mass is 10.0. The van der Waals surface area contributed by atoms with Gasteiger partial charge in [0.2, 0.25) is 0 Å². The molecule has 178 valence electrons. The molecule has 1 aliphatic heterocycles. The van der Waals surface area contributed by atoms with Gasteiger partial charge in [0.25, 0.3) is 0 Å². The van der Waals surface area contributed by atoms with Gasteiger partial charge in [-0.15, -0.1) is 0 Å². The minimum atomic E-state index is -0.201. The van der Waals surface area contributed by atoms with Gasteiger partial charge in [-0.3, -0.25) is 9.47 Å². The van der Waals surface area contributed by atoms with Crippen molar-refractivity contribution < 1.29 is 4.79 Å². The molecule has 1 aliphatic rings. The Bertz CT molecular complexity index is 1410. The highest BCUT2D eigenvalue weighted by Crippen LogP contribution is 2.34. The van der Waals surface area contributed by atoms with Crippen molar-refractivity contribution in [1.29, 1.82) is 0 Å². The molecule has 0 fully saturated rings. The lowest BCUT2D eigenvalue weighted by Crippen LogP contribution is -2.34. The van der Waals surface area contributed by atoms with Gasteiger partial charge in [0.05, 0.1) is 10.5 Å². The van der Waals surface area contributed by atoms with Crippen LogP contribution in [0.3, 0.4) is 0 Å². The van der Waals surface area contributed by atoms with Gasteiger partial charge in [0.15, 0.2) is 0 Å². The molecule has 0 spiro atoms. The Labute approximate surface area is 218 Å². The SMILES string of the molecule is O=C(NCc1ccnc(Cl)c1)n1c2c(c3cccc(Cl)c31)CN(C/C=C/c1ccc(Cl)cc1)CC2. The summed E-state index contributed by atoms with van der Waals surface area (Å²) in [6.45, 7) is 2.75. The van der Waals surface area contributed by atoms with Crippen LogP contribution in [0.5, 0.6) is 0 Å². The third-order valence-electron chi connectivity index (χ3n) is 6.18. The molecular weight excluding hydrogens is 503 g/mol. The molecular formula is C27H23Cl3N4O. The summed E-state index contributed by atoms with van der Waals surface area (Å²) in [5.74, 6) is 0. The van der Waals surface area contributed by atoms with Crippen LogP contribution in [0.25, 0.3) is 17.0 Å². The van der Waals surface area contributed by atoms with E-state index in [0.29, 0.717) is 16.7 Å². The molecule has 2 aromatic carbocycles. The van der Waals surface area contributed by atoms with Crippen LogP contribution in [0.2, 0.25) is 15.2 Å². The van der Waals surface area contributed by atoms with Crippen molar-refractivity contribution in [2.75, 3.05) is 13.1 Å². The number of para-hydroxylation sites is 1. The largest absolute Gasteiger partial charge is 0.333 e. The van der Waals surface area contributed by atoms with Gasteiger partial charge >= 0.3 is 6.03 Å². The number of hydrogen-bond donors (Lipinski definition) is 1. The Morgan fingerprint density at radius 2 is 1.91 bits per heavy atom. The van der Waals surface area contributed by atoms with Crippen molar-refractivity contribution in [2.45, 2.75) is 19.5 Å². The van der Waals surface area contributed by atoms with E-state index < -0.39 is 0 Å². The highest BCUT2D eigenvalue weighted by atomic mass is 35.5. The molecule has 0 aliphatic carbocycles. The predicted octanol–water partition coefficient (Wildman–Crippen LogP) is 6.83. The molecule has 0 atom stereocenters. The van der Waals surface area contributed by atoms with Crippen molar-refractivity contribution in [3.05, 3.63) is 104 Å². The number of nitrogens with zero attached hydrogens (tertiary/aromatic N) is 3. The fourth-order valence-corrected chi connectivity index (χ4v) is 5.10. The summed E-state index contributed by atoms with van der Waals surface area (Å²) in [6.07, 6.45) is 6.64. The number of rotatable bonds is 5. The first-order valence-corrected chi connectivity index (χ1v) is 12.5. The average Bonchev–Trinajstić information content (AvgIpc) is 3.19. The first kappa shape index (κ1) is 23.9. The molecule has 0 saturated carbocycles. The van der Waals surface area contributed by atoms with Gasteiger partial charge in [0.1, 0.15) is 5.15 Å². The second kappa shape index (κ2) is 10.4. The second-order valence-electron chi connectivity index (χ2n) is 8.48. The van der Waals surface area contributed by atoms with Crippen LogP contribution >= 0.6 is 34.8 Å². The van der Waals surface area contributed by atoms with Gasteiger partial charge in [-0.05, 0) is 47.0 Å². The molecule has 0 radical (unpaired) electrons. The molecule has 5 rings (SSSR count). The number of nitrogens with one attached hydrogen (secondary N) is 1. The van der Waals surface area contributed by atoms with E-state index in [1.807, 2.05) is 48.5 Å². The van der Waals surface area contributed by atoms with Crippen molar-refractivity contribution in [3.8, 4) is 0 Å². The molecule has 2 aromatic heterocycles. The molecule has 4 aromatic rings. The first-order valence-electron chi connectivity index (χ1n) is 11.3. The van der Waals surface area contributed by atoms with Crippen LogP contribution in [0.4, 0.5) is 4.79 Å². The summed E-state index contributed by atoms with van der Waals surface area (Å²) in [5.41, 5.74) is 4.91. The number of pyridine rings is 1. The van der Waals surface area contributed by atoms with Gasteiger partial charge in [-0.25, -0.2) is 9.78 Å². The molecule has 0 bridgehead atoms. The maximum atomic E-state index is 13.3. The summed E-state index contributed by atoms with van der Waals surface area (Å²) < 4.78 is 1.75. The van der Waals surface area contributed by atoms with Crippen LogP contribution in [0.15, 0.2) is 66.9 Å². The van der Waals surface area contributed by atoms with Crippen LogP contribution in [-0.4, -0.2) is 33.6 Å². The van der Waals surface area contributed by atoms with E-state index >= 15 is 0 Å². The number of amides is 1. The summed E-state index contributed by atoms with van der Waals surface area (Å²) in [4.78, 5) is 19.7. The monoisotopic (exact) mass is 524 g/mol. The molecule has 35 heavy (non-hydrogen) atoms. The smallest absolute Gasteiger partial charge is 0.326 e.